The average molecular weight is 280 g/mol. The molecule has 1 aromatic heterocycles. The summed E-state index contributed by atoms with van der Waals surface area (Å²) in [4.78, 5) is 8.98. The van der Waals surface area contributed by atoms with E-state index in [2.05, 4.69) is 35.8 Å². The van der Waals surface area contributed by atoms with Gasteiger partial charge in [0.2, 0.25) is 5.88 Å². The molecule has 0 aromatic carbocycles. The molecule has 2 N–H and O–H groups in total. The van der Waals surface area contributed by atoms with Crippen molar-refractivity contribution >= 4 is 11.5 Å². The van der Waals surface area contributed by atoms with E-state index in [1.54, 1.807) is 0 Å². The van der Waals surface area contributed by atoms with E-state index in [9.17, 15) is 0 Å². The Labute approximate surface area is 122 Å². The van der Waals surface area contributed by atoms with Gasteiger partial charge in [0, 0.05) is 13.1 Å². The minimum absolute atomic E-state index is 0.0730. The smallest absolute Gasteiger partial charge is 0.239 e. The van der Waals surface area contributed by atoms with Gasteiger partial charge in [-0.25, -0.2) is 0 Å². The molecule has 0 aliphatic heterocycles. The van der Waals surface area contributed by atoms with E-state index in [1.165, 1.54) is 0 Å². The molecule has 0 aliphatic carbocycles. The first-order valence-electron chi connectivity index (χ1n) is 7.26. The first-order valence-corrected chi connectivity index (χ1v) is 7.26. The minimum atomic E-state index is 0.0730. The molecule has 0 saturated carbocycles. The van der Waals surface area contributed by atoms with Gasteiger partial charge in [-0.3, -0.25) is 0 Å². The summed E-state index contributed by atoms with van der Waals surface area (Å²) in [6.07, 6.45) is 1.18. The zero-order chi connectivity index (χ0) is 15.1. The van der Waals surface area contributed by atoms with E-state index in [0.717, 1.165) is 31.9 Å². The number of pyridine rings is 1. The second kappa shape index (κ2) is 7.94. The summed E-state index contributed by atoms with van der Waals surface area (Å²) in [5.41, 5.74) is 6.50. The number of aromatic nitrogens is 1. The first-order chi connectivity index (χ1) is 9.43. The van der Waals surface area contributed by atoms with Gasteiger partial charge in [0.05, 0.1) is 11.8 Å². The molecule has 0 bridgehead atoms. The van der Waals surface area contributed by atoms with Gasteiger partial charge in [-0.1, -0.05) is 0 Å². The standard InChI is InChI=1S/C15H28N4O/c1-6-19(11-7-10-18(4)5)14-9-8-13(16)15(17-14)20-12(2)3/h8-9,12H,6-7,10-11,16H2,1-5H3. The van der Waals surface area contributed by atoms with Crippen molar-refractivity contribution in [1.29, 1.82) is 0 Å². The Kier molecular flexibility index (Phi) is 6.58. The highest BCUT2D eigenvalue weighted by molar-refractivity contribution is 5.54. The second-order valence-corrected chi connectivity index (χ2v) is 5.47. The molecule has 0 fully saturated rings. The Balaban J connectivity index is 2.76. The number of nitrogen functional groups attached to an aromatic ring is 1. The van der Waals surface area contributed by atoms with Crippen molar-refractivity contribution in [2.24, 2.45) is 0 Å². The van der Waals surface area contributed by atoms with Crippen molar-refractivity contribution in [3.63, 3.8) is 0 Å². The van der Waals surface area contributed by atoms with E-state index in [4.69, 9.17) is 10.5 Å². The van der Waals surface area contributed by atoms with Gasteiger partial charge in [0.25, 0.3) is 0 Å². The van der Waals surface area contributed by atoms with Gasteiger partial charge in [-0.2, -0.15) is 4.98 Å². The normalized spacial score (nSPS) is 11.2. The van der Waals surface area contributed by atoms with Gasteiger partial charge >= 0.3 is 0 Å². The van der Waals surface area contributed by atoms with E-state index in [0.29, 0.717) is 11.6 Å². The van der Waals surface area contributed by atoms with Gasteiger partial charge < -0.3 is 20.3 Å². The number of hydrogen-bond acceptors (Lipinski definition) is 5. The van der Waals surface area contributed by atoms with E-state index >= 15 is 0 Å². The Morgan fingerprint density at radius 1 is 1.25 bits per heavy atom. The van der Waals surface area contributed by atoms with Gasteiger partial charge in [-0.15, -0.1) is 0 Å². The molecule has 5 nitrogen and oxygen atoms in total. The number of ether oxygens (including phenoxy) is 1. The van der Waals surface area contributed by atoms with Gasteiger partial charge in [-0.05, 0) is 60.0 Å². The lowest BCUT2D eigenvalue weighted by Crippen LogP contribution is -2.28. The Morgan fingerprint density at radius 3 is 2.50 bits per heavy atom. The summed E-state index contributed by atoms with van der Waals surface area (Å²) in [7, 11) is 4.18. The van der Waals surface area contributed by atoms with Crippen LogP contribution in [-0.2, 0) is 0 Å². The molecule has 114 valence electrons. The van der Waals surface area contributed by atoms with Crippen LogP contribution in [-0.4, -0.2) is 49.7 Å². The summed E-state index contributed by atoms with van der Waals surface area (Å²) < 4.78 is 5.65. The predicted octanol–water partition coefficient (Wildman–Crippen LogP) is 2.23. The van der Waals surface area contributed by atoms with Crippen LogP contribution in [0.2, 0.25) is 0 Å². The summed E-state index contributed by atoms with van der Waals surface area (Å²) in [6.45, 7) is 9.06. The van der Waals surface area contributed by atoms with Crippen LogP contribution < -0.4 is 15.4 Å². The van der Waals surface area contributed by atoms with Crippen molar-refractivity contribution in [2.45, 2.75) is 33.3 Å². The topological polar surface area (TPSA) is 54.6 Å². The molecule has 0 atom stereocenters. The Bertz CT molecular complexity index is 407. The maximum atomic E-state index is 5.91. The van der Waals surface area contributed by atoms with Crippen LogP contribution in [0.3, 0.4) is 0 Å². The number of hydrogen-bond donors (Lipinski definition) is 1. The summed E-state index contributed by atoms with van der Waals surface area (Å²) in [5.74, 6) is 1.46. The number of nitrogens with two attached hydrogens (primary N) is 1. The van der Waals surface area contributed by atoms with Crippen molar-refractivity contribution in [1.82, 2.24) is 9.88 Å². The fourth-order valence-electron chi connectivity index (χ4n) is 1.95. The third kappa shape index (κ3) is 5.25. The summed E-state index contributed by atoms with van der Waals surface area (Å²) in [6, 6.07) is 3.83. The molecule has 20 heavy (non-hydrogen) atoms. The molecule has 1 rings (SSSR count). The molecule has 1 aromatic rings. The number of nitrogens with zero attached hydrogens (tertiary/aromatic N) is 3. The zero-order valence-corrected chi connectivity index (χ0v) is 13.4. The number of anilines is 2. The van der Waals surface area contributed by atoms with E-state index < -0.39 is 0 Å². The first kappa shape index (κ1) is 16.6. The van der Waals surface area contributed by atoms with E-state index in [1.807, 2.05) is 26.0 Å². The highest BCUT2D eigenvalue weighted by atomic mass is 16.5. The molecule has 0 radical (unpaired) electrons. The molecular weight excluding hydrogens is 252 g/mol. The largest absolute Gasteiger partial charge is 0.473 e. The molecule has 1 heterocycles. The fourth-order valence-corrected chi connectivity index (χ4v) is 1.95. The summed E-state index contributed by atoms with van der Waals surface area (Å²) in [5, 5.41) is 0. The summed E-state index contributed by atoms with van der Waals surface area (Å²) >= 11 is 0. The second-order valence-electron chi connectivity index (χ2n) is 5.47. The van der Waals surface area contributed by atoms with Crippen LogP contribution in [0.4, 0.5) is 11.5 Å². The quantitative estimate of drug-likeness (QED) is 0.791. The van der Waals surface area contributed by atoms with Crippen molar-refractivity contribution < 1.29 is 4.74 Å². The SMILES string of the molecule is CCN(CCCN(C)C)c1ccc(N)c(OC(C)C)n1. The highest BCUT2D eigenvalue weighted by Crippen LogP contribution is 2.24. The molecule has 0 amide bonds. The highest BCUT2D eigenvalue weighted by Gasteiger charge is 2.11. The van der Waals surface area contributed by atoms with Crippen molar-refractivity contribution in [2.75, 3.05) is 44.4 Å². The van der Waals surface area contributed by atoms with Gasteiger partial charge in [0.1, 0.15) is 5.82 Å². The van der Waals surface area contributed by atoms with Crippen LogP contribution >= 0.6 is 0 Å². The number of rotatable bonds is 8. The lowest BCUT2D eigenvalue weighted by molar-refractivity contribution is 0.234. The van der Waals surface area contributed by atoms with Crippen LogP contribution in [0.25, 0.3) is 0 Å². The zero-order valence-electron chi connectivity index (χ0n) is 13.4. The minimum Gasteiger partial charge on any atom is -0.473 e. The van der Waals surface area contributed by atoms with Crippen LogP contribution in [0, 0.1) is 0 Å². The Morgan fingerprint density at radius 2 is 1.95 bits per heavy atom. The Hall–Kier alpha value is -1.49. The van der Waals surface area contributed by atoms with Gasteiger partial charge in [0.15, 0.2) is 0 Å². The lowest BCUT2D eigenvalue weighted by Gasteiger charge is -2.24. The third-order valence-electron chi connectivity index (χ3n) is 2.96. The van der Waals surface area contributed by atoms with Crippen LogP contribution in [0.5, 0.6) is 5.88 Å². The average Bonchev–Trinajstić information content (AvgIpc) is 2.37. The maximum Gasteiger partial charge on any atom is 0.239 e. The molecule has 0 aliphatic rings. The predicted molar refractivity (Wildman–Crippen MR) is 85.5 cm³/mol. The monoisotopic (exact) mass is 280 g/mol. The molecule has 0 spiro atoms. The molecule has 0 saturated heterocycles. The third-order valence-corrected chi connectivity index (χ3v) is 2.96. The van der Waals surface area contributed by atoms with Crippen LogP contribution in [0.15, 0.2) is 12.1 Å². The lowest BCUT2D eigenvalue weighted by atomic mass is 10.3. The molecular formula is C15H28N4O. The van der Waals surface area contributed by atoms with Crippen LogP contribution in [0.1, 0.15) is 27.2 Å². The fraction of sp³-hybridized carbons (Fsp3) is 0.667. The van der Waals surface area contributed by atoms with E-state index in [-0.39, 0.29) is 6.10 Å². The molecule has 0 unspecified atom stereocenters. The van der Waals surface area contributed by atoms with Crippen molar-refractivity contribution in [3.8, 4) is 5.88 Å². The van der Waals surface area contributed by atoms with Crippen molar-refractivity contribution in [3.05, 3.63) is 12.1 Å². The molecule has 5 heteroatoms. The maximum absolute atomic E-state index is 5.91.